The number of nitrogens with one attached hydrogen (secondary N) is 1. The molecule has 7 heteroatoms. The predicted molar refractivity (Wildman–Crippen MR) is 78.4 cm³/mol. The molecule has 0 saturated carbocycles. The molecule has 0 atom stereocenters. The lowest BCUT2D eigenvalue weighted by atomic mass is 10.2. The van der Waals surface area contributed by atoms with E-state index in [0.717, 1.165) is 6.07 Å². The largest absolute Gasteiger partial charge is 0.396 e. The highest BCUT2D eigenvalue weighted by atomic mass is 79.9. The lowest BCUT2D eigenvalue weighted by molar-refractivity contribution is 0.102. The van der Waals surface area contributed by atoms with Crippen LogP contribution in [-0.4, -0.2) is 10.9 Å². The molecule has 2 aromatic rings. The van der Waals surface area contributed by atoms with E-state index in [1.165, 1.54) is 6.07 Å². The minimum absolute atomic E-state index is 0.0813. The van der Waals surface area contributed by atoms with Gasteiger partial charge in [-0.25, -0.2) is 4.39 Å². The number of rotatable bonds is 2. The van der Waals surface area contributed by atoms with Gasteiger partial charge in [0.15, 0.2) is 0 Å². The molecule has 1 aromatic heterocycles. The van der Waals surface area contributed by atoms with E-state index in [2.05, 4.69) is 42.2 Å². The fourth-order valence-corrected chi connectivity index (χ4v) is 2.25. The Kier molecular flexibility index (Phi) is 4.16. The molecular formula is C12H8Br2FN3O. The molecule has 1 amide bonds. The fourth-order valence-electron chi connectivity index (χ4n) is 1.41. The average Bonchev–Trinajstić information content (AvgIpc) is 2.36. The van der Waals surface area contributed by atoms with E-state index in [1.54, 1.807) is 18.5 Å². The molecule has 2 rings (SSSR count). The summed E-state index contributed by atoms with van der Waals surface area (Å²) in [6.45, 7) is 0. The summed E-state index contributed by atoms with van der Waals surface area (Å²) in [4.78, 5) is 16.0. The van der Waals surface area contributed by atoms with Crippen LogP contribution in [0.15, 0.2) is 39.5 Å². The molecule has 0 fully saturated rings. The van der Waals surface area contributed by atoms with Gasteiger partial charge in [0.05, 0.1) is 21.4 Å². The van der Waals surface area contributed by atoms with Crippen LogP contribution in [0.3, 0.4) is 0 Å². The van der Waals surface area contributed by atoms with Gasteiger partial charge < -0.3 is 11.1 Å². The number of nitrogen functional groups attached to an aromatic ring is 1. The Hall–Kier alpha value is -1.47. The van der Waals surface area contributed by atoms with Gasteiger partial charge >= 0.3 is 0 Å². The van der Waals surface area contributed by atoms with Crippen LogP contribution in [0.2, 0.25) is 0 Å². The maximum atomic E-state index is 13.2. The highest BCUT2D eigenvalue weighted by Gasteiger charge is 2.14. The standard InChI is InChI=1S/C12H8Br2FN3O/c13-7-4-9(15)10(16)3-6(7)12(19)18-11-1-2-17-5-8(11)14/h1-5H,16H2,(H,17,18,19). The second kappa shape index (κ2) is 5.66. The number of amides is 1. The third kappa shape index (κ3) is 3.10. The van der Waals surface area contributed by atoms with Crippen molar-refractivity contribution in [3.05, 3.63) is 50.9 Å². The Labute approximate surface area is 125 Å². The summed E-state index contributed by atoms with van der Waals surface area (Å²) in [7, 11) is 0. The first-order chi connectivity index (χ1) is 8.99. The predicted octanol–water partition coefficient (Wildman–Crippen LogP) is 3.58. The zero-order valence-corrected chi connectivity index (χ0v) is 12.6. The SMILES string of the molecule is Nc1cc(C(=O)Nc2ccncc2Br)c(Br)cc1F. The van der Waals surface area contributed by atoms with Crippen molar-refractivity contribution in [1.82, 2.24) is 4.98 Å². The normalized spacial score (nSPS) is 10.3. The van der Waals surface area contributed by atoms with E-state index in [0.29, 0.717) is 14.6 Å². The van der Waals surface area contributed by atoms with Crippen molar-refractivity contribution < 1.29 is 9.18 Å². The van der Waals surface area contributed by atoms with Gasteiger partial charge in [-0.05, 0) is 50.1 Å². The zero-order chi connectivity index (χ0) is 14.0. The van der Waals surface area contributed by atoms with Crippen LogP contribution >= 0.6 is 31.9 Å². The molecule has 0 aliphatic heterocycles. The van der Waals surface area contributed by atoms with E-state index < -0.39 is 11.7 Å². The van der Waals surface area contributed by atoms with Gasteiger partial charge in [-0.3, -0.25) is 9.78 Å². The summed E-state index contributed by atoms with van der Waals surface area (Å²) < 4.78 is 14.2. The maximum Gasteiger partial charge on any atom is 0.256 e. The fraction of sp³-hybridized carbons (Fsp3) is 0. The van der Waals surface area contributed by atoms with Gasteiger partial charge in [0.2, 0.25) is 0 Å². The van der Waals surface area contributed by atoms with Crippen molar-refractivity contribution in [3.63, 3.8) is 0 Å². The van der Waals surface area contributed by atoms with Crippen LogP contribution in [0.4, 0.5) is 15.8 Å². The molecule has 0 spiro atoms. The van der Waals surface area contributed by atoms with Crippen molar-refractivity contribution in [3.8, 4) is 0 Å². The van der Waals surface area contributed by atoms with Gasteiger partial charge in [0, 0.05) is 16.9 Å². The number of hydrogen-bond donors (Lipinski definition) is 2. The van der Waals surface area contributed by atoms with Crippen molar-refractivity contribution in [2.45, 2.75) is 0 Å². The smallest absolute Gasteiger partial charge is 0.256 e. The topological polar surface area (TPSA) is 68.0 Å². The van der Waals surface area contributed by atoms with E-state index in [1.807, 2.05) is 0 Å². The summed E-state index contributed by atoms with van der Waals surface area (Å²) in [6.07, 6.45) is 3.11. The van der Waals surface area contributed by atoms with Gasteiger partial charge in [-0.2, -0.15) is 0 Å². The number of aromatic nitrogens is 1. The van der Waals surface area contributed by atoms with Gasteiger partial charge in [-0.15, -0.1) is 0 Å². The van der Waals surface area contributed by atoms with E-state index in [9.17, 15) is 9.18 Å². The Bertz CT molecular complexity index is 649. The van der Waals surface area contributed by atoms with Crippen LogP contribution in [0.25, 0.3) is 0 Å². The van der Waals surface area contributed by atoms with Gasteiger partial charge in [0.1, 0.15) is 5.82 Å². The minimum atomic E-state index is -0.575. The van der Waals surface area contributed by atoms with Gasteiger partial charge in [0.25, 0.3) is 5.91 Å². The van der Waals surface area contributed by atoms with E-state index in [4.69, 9.17) is 5.73 Å². The first kappa shape index (κ1) is 14.0. The molecule has 0 radical (unpaired) electrons. The number of benzene rings is 1. The second-order valence-electron chi connectivity index (χ2n) is 3.66. The zero-order valence-electron chi connectivity index (χ0n) is 9.45. The number of anilines is 2. The molecule has 0 unspecified atom stereocenters. The average molecular weight is 389 g/mol. The Morgan fingerprint density at radius 1 is 1.32 bits per heavy atom. The van der Waals surface area contributed by atoms with Crippen LogP contribution in [0.1, 0.15) is 10.4 Å². The molecule has 1 aromatic carbocycles. The second-order valence-corrected chi connectivity index (χ2v) is 5.37. The minimum Gasteiger partial charge on any atom is -0.396 e. The molecule has 1 heterocycles. The highest BCUT2D eigenvalue weighted by molar-refractivity contribution is 9.11. The number of carbonyl (C=O) groups excluding carboxylic acids is 1. The summed E-state index contributed by atoms with van der Waals surface area (Å²) in [5.41, 5.74) is 6.19. The third-order valence-electron chi connectivity index (χ3n) is 2.35. The van der Waals surface area contributed by atoms with Crippen LogP contribution in [-0.2, 0) is 0 Å². The van der Waals surface area contributed by atoms with Crippen molar-refractivity contribution in [1.29, 1.82) is 0 Å². The monoisotopic (exact) mass is 387 g/mol. The molecule has 3 N–H and O–H groups in total. The van der Waals surface area contributed by atoms with Crippen LogP contribution in [0, 0.1) is 5.82 Å². The highest BCUT2D eigenvalue weighted by Crippen LogP contribution is 2.25. The molecule has 0 aliphatic rings. The Balaban J connectivity index is 2.31. The van der Waals surface area contributed by atoms with Crippen molar-refractivity contribution in [2.75, 3.05) is 11.1 Å². The van der Waals surface area contributed by atoms with E-state index >= 15 is 0 Å². The Morgan fingerprint density at radius 2 is 2.05 bits per heavy atom. The first-order valence-electron chi connectivity index (χ1n) is 5.14. The molecule has 0 aliphatic carbocycles. The number of carbonyl (C=O) groups is 1. The van der Waals surface area contributed by atoms with Crippen LogP contribution in [0.5, 0.6) is 0 Å². The molecule has 98 valence electrons. The number of nitrogens with zero attached hydrogens (tertiary/aromatic N) is 1. The summed E-state index contributed by atoms with van der Waals surface area (Å²) in [6, 6.07) is 4.08. The lowest BCUT2D eigenvalue weighted by Crippen LogP contribution is -2.14. The third-order valence-corrected chi connectivity index (χ3v) is 3.64. The summed E-state index contributed by atoms with van der Waals surface area (Å²) in [5, 5.41) is 2.68. The molecule has 19 heavy (non-hydrogen) atoms. The summed E-state index contributed by atoms with van der Waals surface area (Å²) in [5.74, 6) is -0.973. The van der Waals surface area contributed by atoms with Gasteiger partial charge in [-0.1, -0.05) is 0 Å². The number of nitrogens with two attached hydrogens (primary N) is 1. The van der Waals surface area contributed by atoms with E-state index in [-0.39, 0.29) is 11.3 Å². The van der Waals surface area contributed by atoms with Crippen molar-refractivity contribution in [2.24, 2.45) is 0 Å². The summed E-state index contributed by atoms with van der Waals surface area (Å²) >= 11 is 6.40. The molecule has 0 saturated heterocycles. The van der Waals surface area contributed by atoms with Crippen LogP contribution < -0.4 is 11.1 Å². The number of hydrogen-bond acceptors (Lipinski definition) is 3. The van der Waals surface area contributed by atoms with Crippen molar-refractivity contribution >= 4 is 49.1 Å². The number of halogens is 3. The molecule has 0 bridgehead atoms. The lowest BCUT2D eigenvalue weighted by Gasteiger charge is -2.09. The molecule has 4 nitrogen and oxygen atoms in total. The Morgan fingerprint density at radius 3 is 2.74 bits per heavy atom. The quantitative estimate of drug-likeness (QED) is 0.772. The molecular weight excluding hydrogens is 381 g/mol. The maximum absolute atomic E-state index is 13.2. The first-order valence-corrected chi connectivity index (χ1v) is 6.73. The number of pyridine rings is 1.